The first kappa shape index (κ1) is 10.9. The molecule has 1 fully saturated rings. The van der Waals surface area contributed by atoms with Crippen molar-refractivity contribution in [3.63, 3.8) is 0 Å². The van der Waals surface area contributed by atoms with E-state index in [0.717, 1.165) is 30.7 Å². The molecule has 1 aliphatic heterocycles. The molecule has 1 N–H and O–H groups in total. The Balaban J connectivity index is 2.06. The number of hydrogen-bond acceptors (Lipinski definition) is 2. The van der Waals surface area contributed by atoms with Crippen LogP contribution in [0.5, 0.6) is 0 Å². The number of imidazole rings is 1. The first-order valence-corrected chi connectivity index (χ1v) is 6.08. The van der Waals surface area contributed by atoms with Crippen LogP contribution in [-0.4, -0.2) is 22.8 Å². The molecule has 0 amide bonds. The molecule has 1 atom stereocenters. The quantitative estimate of drug-likeness (QED) is 0.889. The van der Waals surface area contributed by atoms with Crippen LogP contribution in [0.25, 0.3) is 11.0 Å². The molecule has 5 heteroatoms. The van der Waals surface area contributed by atoms with E-state index >= 15 is 0 Å². The van der Waals surface area contributed by atoms with Gasteiger partial charge in [-0.05, 0) is 18.6 Å². The summed E-state index contributed by atoms with van der Waals surface area (Å²) >= 11 is 6.05. The standard InChI is InChI=1S/C12H13ClN2O2/c13-9-2-1-3-10-11(9)14-12(16)15(10)6-8-4-5-17-7-8/h1-3,8H,4-7H2,(H,14,16). The maximum Gasteiger partial charge on any atom is 0.326 e. The van der Waals surface area contributed by atoms with Gasteiger partial charge < -0.3 is 9.72 Å². The predicted octanol–water partition coefficient (Wildman–Crippen LogP) is 2.02. The third kappa shape index (κ3) is 1.87. The molecular formula is C12H13ClN2O2. The number of para-hydroxylation sites is 1. The lowest BCUT2D eigenvalue weighted by Crippen LogP contribution is -2.21. The molecule has 4 nitrogen and oxygen atoms in total. The normalized spacial score (nSPS) is 20.2. The lowest BCUT2D eigenvalue weighted by molar-refractivity contribution is 0.182. The maximum atomic E-state index is 11.9. The molecule has 0 bridgehead atoms. The van der Waals surface area contributed by atoms with Gasteiger partial charge in [0.05, 0.1) is 22.7 Å². The number of aromatic nitrogens is 2. The second kappa shape index (κ2) is 4.20. The number of nitrogens with zero attached hydrogens (tertiary/aromatic N) is 1. The summed E-state index contributed by atoms with van der Waals surface area (Å²) in [5, 5.41) is 0.584. The van der Waals surface area contributed by atoms with Crippen LogP contribution in [0.1, 0.15) is 6.42 Å². The summed E-state index contributed by atoms with van der Waals surface area (Å²) in [5.41, 5.74) is 1.49. The molecule has 2 heterocycles. The molecule has 0 saturated carbocycles. The second-order valence-electron chi connectivity index (χ2n) is 4.40. The summed E-state index contributed by atoms with van der Waals surface area (Å²) in [4.78, 5) is 14.7. The average molecular weight is 253 g/mol. The fourth-order valence-corrected chi connectivity index (χ4v) is 2.53. The highest BCUT2D eigenvalue weighted by Gasteiger charge is 2.18. The van der Waals surface area contributed by atoms with E-state index in [9.17, 15) is 4.79 Å². The molecule has 17 heavy (non-hydrogen) atoms. The minimum absolute atomic E-state index is 0.0972. The van der Waals surface area contributed by atoms with Crippen molar-refractivity contribution in [1.29, 1.82) is 0 Å². The van der Waals surface area contributed by atoms with Crippen LogP contribution in [0.3, 0.4) is 0 Å². The van der Waals surface area contributed by atoms with Gasteiger partial charge in [0.1, 0.15) is 0 Å². The molecule has 1 unspecified atom stereocenters. The third-order valence-electron chi connectivity index (χ3n) is 3.22. The largest absolute Gasteiger partial charge is 0.381 e. The van der Waals surface area contributed by atoms with Crippen molar-refractivity contribution in [2.45, 2.75) is 13.0 Å². The minimum Gasteiger partial charge on any atom is -0.381 e. The molecule has 0 aliphatic carbocycles. The van der Waals surface area contributed by atoms with Gasteiger partial charge in [0.15, 0.2) is 0 Å². The molecule has 1 aliphatic rings. The van der Waals surface area contributed by atoms with Crippen molar-refractivity contribution < 1.29 is 4.74 Å². The van der Waals surface area contributed by atoms with Crippen LogP contribution >= 0.6 is 11.6 Å². The Morgan fingerprint density at radius 3 is 3.18 bits per heavy atom. The number of rotatable bonds is 2. The fraction of sp³-hybridized carbons (Fsp3) is 0.417. The van der Waals surface area contributed by atoms with Crippen molar-refractivity contribution in [2.75, 3.05) is 13.2 Å². The summed E-state index contributed by atoms with van der Waals surface area (Å²) < 4.78 is 7.08. The molecule has 3 rings (SSSR count). The van der Waals surface area contributed by atoms with Crippen molar-refractivity contribution in [3.05, 3.63) is 33.7 Å². The molecule has 2 aromatic rings. The predicted molar refractivity (Wildman–Crippen MR) is 66.5 cm³/mol. The van der Waals surface area contributed by atoms with E-state index in [-0.39, 0.29) is 5.69 Å². The lowest BCUT2D eigenvalue weighted by Gasteiger charge is -2.08. The minimum atomic E-state index is -0.0972. The number of ether oxygens (including phenoxy) is 1. The van der Waals surface area contributed by atoms with Crippen LogP contribution < -0.4 is 5.69 Å². The highest BCUT2D eigenvalue weighted by atomic mass is 35.5. The summed E-state index contributed by atoms with van der Waals surface area (Å²) in [6.45, 7) is 2.22. The van der Waals surface area contributed by atoms with Gasteiger partial charge in [-0.2, -0.15) is 0 Å². The highest BCUT2D eigenvalue weighted by Crippen LogP contribution is 2.22. The van der Waals surface area contributed by atoms with E-state index in [0.29, 0.717) is 17.5 Å². The molecule has 1 saturated heterocycles. The zero-order valence-corrected chi connectivity index (χ0v) is 10.0. The van der Waals surface area contributed by atoms with E-state index in [1.54, 1.807) is 10.6 Å². The Morgan fingerprint density at radius 2 is 2.41 bits per heavy atom. The smallest absolute Gasteiger partial charge is 0.326 e. The van der Waals surface area contributed by atoms with E-state index in [2.05, 4.69) is 4.98 Å². The van der Waals surface area contributed by atoms with Crippen molar-refractivity contribution in [1.82, 2.24) is 9.55 Å². The van der Waals surface area contributed by atoms with Crippen LogP contribution in [0.15, 0.2) is 23.0 Å². The SMILES string of the molecule is O=c1[nH]c2c(Cl)cccc2n1CC1CCOC1. The molecule has 90 valence electrons. The van der Waals surface area contributed by atoms with Gasteiger partial charge >= 0.3 is 5.69 Å². The average Bonchev–Trinajstić information content (AvgIpc) is 2.91. The number of benzene rings is 1. The van der Waals surface area contributed by atoms with Gasteiger partial charge in [-0.3, -0.25) is 4.57 Å². The van der Waals surface area contributed by atoms with E-state index < -0.39 is 0 Å². The van der Waals surface area contributed by atoms with Gasteiger partial charge in [-0.25, -0.2) is 4.79 Å². The Morgan fingerprint density at radius 1 is 1.53 bits per heavy atom. The van der Waals surface area contributed by atoms with Crippen LogP contribution in [-0.2, 0) is 11.3 Å². The summed E-state index contributed by atoms with van der Waals surface area (Å²) in [6, 6.07) is 5.55. The van der Waals surface area contributed by atoms with Gasteiger partial charge in [0, 0.05) is 19.1 Å². The van der Waals surface area contributed by atoms with Gasteiger partial charge in [-0.15, -0.1) is 0 Å². The number of aromatic amines is 1. The number of nitrogens with one attached hydrogen (secondary N) is 1. The first-order valence-electron chi connectivity index (χ1n) is 5.70. The van der Waals surface area contributed by atoms with Crippen molar-refractivity contribution in [3.8, 4) is 0 Å². The van der Waals surface area contributed by atoms with Gasteiger partial charge in [0.2, 0.25) is 0 Å². The zero-order valence-electron chi connectivity index (χ0n) is 9.28. The Bertz CT molecular complexity index is 596. The number of fused-ring (bicyclic) bond motifs is 1. The number of halogens is 1. The van der Waals surface area contributed by atoms with Crippen LogP contribution in [0.2, 0.25) is 5.02 Å². The van der Waals surface area contributed by atoms with Crippen LogP contribution in [0, 0.1) is 5.92 Å². The van der Waals surface area contributed by atoms with E-state index in [1.165, 1.54) is 0 Å². The molecule has 0 spiro atoms. The monoisotopic (exact) mass is 252 g/mol. The lowest BCUT2D eigenvalue weighted by atomic mass is 10.1. The molecule has 1 aromatic heterocycles. The summed E-state index contributed by atoms with van der Waals surface area (Å²) in [7, 11) is 0. The van der Waals surface area contributed by atoms with Gasteiger partial charge in [0.25, 0.3) is 0 Å². The number of H-pyrrole nitrogens is 1. The maximum absolute atomic E-state index is 11.9. The molecule has 0 radical (unpaired) electrons. The third-order valence-corrected chi connectivity index (χ3v) is 3.54. The Kier molecular flexibility index (Phi) is 2.68. The van der Waals surface area contributed by atoms with Crippen molar-refractivity contribution >= 4 is 22.6 Å². The zero-order chi connectivity index (χ0) is 11.8. The molecule has 1 aromatic carbocycles. The summed E-state index contributed by atoms with van der Waals surface area (Å²) in [5.74, 6) is 0.422. The Hall–Kier alpha value is -1.26. The first-order chi connectivity index (χ1) is 8.25. The number of hydrogen-bond donors (Lipinski definition) is 1. The van der Waals surface area contributed by atoms with Crippen molar-refractivity contribution in [2.24, 2.45) is 5.92 Å². The molecular weight excluding hydrogens is 240 g/mol. The van der Waals surface area contributed by atoms with E-state index in [1.807, 2.05) is 12.1 Å². The van der Waals surface area contributed by atoms with Gasteiger partial charge in [-0.1, -0.05) is 17.7 Å². The van der Waals surface area contributed by atoms with E-state index in [4.69, 9.17) is 16.3 Å². The van der Waals surface area contributed by atoms with Crippen LogP contribution in [0.4, 0.5) is 0 Å². The second-order valence-corrected chi connectivity index (χ2v) is 4.81. The summed E-state index contributed by atoms with van der Waals surface area (Å²) in [6.07, 6.45) is 1.01. The fourth-order valence-electron chi connectivity index (χ4n) is 2.31. The topological polar surface area (TPSA) is 47.0 Å². The highest BCUT2D eigenvalue weighted by molar-refractivity contribution is 6.34. The Labute approximate surface area is 103 Å².